The van der Waals surface area contributed by atoms with E-state index in [1.807, 2.05) is 0 Å². The van der Waals surface area contributed by atoms with Crippen LogP contribution >= 0.6 is 15.9 Å². The third-order valence-electron chi connectivity index (χ3n) is 2.65. The Hall–Kier alpha value is -2.06. The minimum Gasteiger partial charge on any atom is -0.507 e. The van der Waals surface area contributed by atoms with Crippen LogP contribution in [0.4, 0.5) is 11.4 Å². The van der Waals surface area contributed by atoms with Crippen molar-refractivity contribution in [2.75, 3.05) is 16.3 Å². The molecule has 8 heteroatoms. The molecule has 0 aliphatic heterocycles. The van der Waals surface area contributed by atoms with Gasteiger partial charge in [-0.1, -0.05) is 15.9 Å². The molecule has 0 aliphatic rings. The maximum absolute atomic E-state index is 12.1. The number of aromatic hydroxyl groups is 1. The van der Waals surface area contributed by atoms with Crippen molar-refractivity contribution in [3.05, 3.63) is 52.5 Å². The molecule has 0 aliphatic carbocycles. The zero-order valence-corrected chi connectivity index (χ0v) is 13.9. The Labute approximate surface area is 136 Å². The summed E-state index contributed by atoms with van der Waals surface area (Å²) in [5, 5.41) is 12.4. The molecule has 22 heavy (non-hydrogen) atoms. The fourth-order valence-electron chi connectivity index (χ4n) is 1.73. The Morgan fingerprint density at radius 1 is 1.09 bits per heavy atom. The minimum atomic E-state index is -3.34. The van der Waals surface area contributed by atoms with Gasteiger partial charge in [-0.2, -0.15) is 0 Å². The molecular formula is C14H13BrN2O4S. The smallest absolute Gasteiger partial charge is 0.259 e. The van der Waals surface area contributed by atoms with Crippen LogP contribution in [-0.4, -0.2) is 25.7 Å². The Morgan fingerprint density at radius 2 is 1.68 bits per heavy atom. The van der Waals surface area contributed by atoms with Crippen LogP contribution in [0.5, 0.6) is 5.75 Å². The lowest BCUT2D eigenvalue weighted by atomic mass is 10.2. The van der Waals surface area contributed by atoms with Gasteiger partial charge >= 0.3 is 0 Å². The van der Waals surface area contributed by atoms with Crippen molar-refractivity contribution in [2.45, 2.75) is 0 Å². The van der Waals surface area contributed by atoms with Crippen LogP contribution in [0.15, 0.2) is 46.9 Å². The molecule has 0 heterocycles. The van der Waals surface area contributed by atoms with Crippen LogP contribution < -0.4 is 10.0 Å². The molecule has 3 N–H and O–H groups in total. The summed E-state index contributed by atoms with van der Waals surface area (Å²) < 4.78 is 25.2. The van der Waals surface area contributed by atoms with E-state index < -0.39 is 15.9 Å². The average Bonchev–Trinajstić information content (AvgIpc) is 2.39. The molecule has 2 aromatic rings. The van der Waals surface area contributed by atoms with E-state index in [1.165, 1.54) is 24.3 Å². The molecular weight excluding hydrogens is 372 g/mol. The predicted molar refractivity (Wildman–Crippen MR) is 88.7 cm³/mol. The van der Waals surface area contributed by atoms with Crippen molar-refractivity contribution in [1.29, 1.82) is 0 Å². The standard InChI is InChI=1S/C14H13BrN2O4S/c1-22(20,21)17-11-5-3-10(4-6-11)16-14(19)12-7-2-9(15)8-13(12)18/h2-8,17-18H,1H3,(H,16,19). The van der Waals surface area contributed by atoms with E-state index in [9.17, 15) is 18.3 Å². The fraction of sp³-hybridized carbons (Fsp3) is 0.0714. The Balaban J connectivity index is 2.12. The van der Waals surface area contributed by atoms with Crippen LogP contribution in [-0.2, 0) is 10.0 Å². The molecule has 0 aromatic heterocycles. The number of carbonyl (C=O) groups excluding carboxylic acids is 1. The van der Waals surface area contributed by atoms with E-state index in [0.29, 0.717) is 15.8 Å². The van der Waals surface area contributed by atoms with Crippen LogP contribution in [0, 0.1) is 0 Å². The highest BCUT2D eigenvalue weighted by atomic mass is 79.9. The molecule has 0 saturated heterocycles. The third-order valence-corrected chi connectivity index (χ3v) is 3.75. The molecule has 0 bridgehead atoms. The molecule has 0 unspecified atom stereocenters. The lowest BCUT2D eigenvalue weighted by Crippen LogP contribution is -2.12. The van der Waals surface area contributed by atoms with Gasteiger partial charge in [0.1, 0.15) is 5.75 Å². The van der Waals surface area contributed by atoms with Crippen LogP contribution in [0.25, 0.3) is 0 Å². The maximum atomic E-state index is 12.1. The molecule has 0 fully saturated rings. The number of rotatable bonds is 4. The summed E-state index contributed by atoms with van der Waals surface area (Å²) in [5.74, 6) is -0.601. The number of nitrogens with one attached hydrogen (secondary N) is 2. The summed E-state index contributed by atoms with van der Waals surface area (Å²) in [6.45, 7) is 0. The number of hydrogen-bond acceptors (Lipinski definition) is 4. The van der Waals surface area contributed by atoms with Crippen molar-refractivity contribution in [3.8, 4) is 5.75 Å². The van der Waals surface area contributed by atoms with Gasteiger partial charge in [-0.05, 0) is 42.5 Å². The third kappa shape index (κ3) is 4.47. The lowest BCUT2D eigenvalue weighted by molar-refractivity contribution is 0.102. The zero-order valence-electron chi connectivity index (χ0n) is 11.5. The monoisotopic (exact) mass is 384 g/mol. The summed E-state index contributed by atoms with van der Waals surface area (Å²) in [6, 6.07) is 10.7. The predicted octanol–water partition coefficient (Wildman–Crippen LogP) is 2.78. The first-order valence-corrected chi connectivity index (χ1v) is 8.81. The van der Waals surface area contributed by atoms with E-state index in [1.54, 1.807) is 18.2 Å². The van der Waals surface area contributed by atoms with Gasteiger partial charge in [0.2, 0.25) is 10.0 Å². The number of amides is 1. The number of carbonyl (C=O) groups is 1. The van der Waals surface area contributed by atoms with Gasteiger partial charge < -0.3 is 10.4 Å². The first kappa shape index (κ1) is 16.3. The van der Waals surface area contributed by atoms with Crippen LogP contribution in [0.1, 0.15) is 10.4 Å². The first-order chi connectivity index (χ1) is 10.2. The molecule has 2 rings (SSSR count). The lowest BCUT2D eigenvalue weighted by Gasteiger charge is -2.08. The van der Waals surface area contributed by atoms with Gasteiger partial charge in [-0.15, -0.1) is 0 Å². The van der Waals surface area contributed by atoms with Gasteiger partial charge in [0.05, 0.1) is 11.8 Å². The molecule has 0 spiro atoms. The van der Waals surface area contributed by atoms with Crippen molar-refractivity contribution < 1.29 is 18.3 Å². The Kier molecular flexibility index (Phi) is 4.72. The summed E-state index contributed by atoms with van der Waals surface area (Å²) in [5.41, 5.74) is 1.01. The first-order valence-electron chi connectivity index (χ1n) is 6.12. The van der Waals surface area contributed by atoms with E-state index >= 15 is 0 Å². The van der Waals surface area contributed by atoms with Gasteiger partial charge in [-0.25, -0.2) is 8.42 Å². The largest absolute Gasteiger partial charge is 0.507 e. The van der Waals surface area contributed by atoms with Gasteiger partial charge in [0.15, 0.2) is 0 Å². The number of hydrogen-bond donors (Lipinski definition) is 3. The molecule has 0 radical (unpaired) electrons. The highest BCUT2D eigenvalue weighted by Gasteiger charge is 2.11. The zero-order chi connectivity index (χ0) is 16.3. The quantitative estimate of drug-likeness (QED) is 0.754. The SMILES string of the molecule is CS(=O)(=O)Nc1ccc(NC(=O)c2ccc(Br)cc2O)cc1. The minimum absolute atomic E-state index is 0.137. The number of phenols is 1. The summed E-state index contributed by atoms with van der Waals surface area (Å²) in [4.78, 5) is 12.1. The van der Waals surface area contributed by atoms with E-state index in [4.69, 9.17) is 0 Å². The highest BCUT2D eigenvalue weighted by Crippen LogP contribution is 2.23. The molecule has 116 valence electrons. The second-order valence-corrected chi connectivity index (χ2v) is 7.23. The van der Waals surface area contributed by atoms with Crippen molar-refractivity contribution in [3.63, 3.8) is 0 Å². The molecule has 6 nitrogen and oxygen atoms in total. The molecule has 1 amide bonds. The number of benzene rings is 2. The Morgan fingerprint density at radius 3 is 2.23 bits per heavy atom. The Bertz CT molecular complexity index is 804. The number of anilines is 2. The van der Waals surface area contributed by atoms with Crippen molar-refractivity contribution in [2.24, 2.45) is 0 Å². The second-order valence-electron chi connectivity index (χ2n) is 4.57. The number of phenolic OH excluding ortho intramolecular Hbond substituents is 1. The summed E-state index contributed by atoms with van der Waals surface area (Å²) >= 11 is 3.20. The van der Waals surface area contributed by atoms with Gasteiger partial charge in [0.25, 0.3) is 5.91 Å². The van der Waals surface area contributed by atoms with Gasteiger partial charge in [-0.3, -0.25) is 9.52 Å². The molecule has 0 saturated carbocycles. The average molecular weight is 385 g/mol. The molecule has 0 atom stereocenters. The summed E-state index contributed by atoms with van der Waals surface area (Å²) in [6.07, 6.45) is 1.05. The van der Waals surface area contributed by atoms with Crippen molar-refractivity contribution >= 4 is 43.2 Å². The summed E-state index contributed by atoms with van der Waals surface area (Å²) in [7, 11) is -3.34. The highest BCUT2D eigenvalue weighted by molar-refractivity contribution is 9.10. The van der Waals surface area contributed by atoms with Crippen LogP contribution in [0.2, 0.25) is 0 Å². The second kappa shape index (κ2) is 6.37. The molecule has 2 aromatic carbocycles. The number of halogens is 1. The van der Waals surface area contributed by atoms with Crippen LogP contribution in [0.3, 0.4) is 0 Å². The van der Waals surface area contributed by atoms with E-state index in [0.717, 1.165) is 6.26 Å². The van der Waals surface area contributed by atoms with E-state index in [2.05, 4.69) is 26.0 Å². The fourth-order valence-corrected chi connectivity index (χ4v) is 2.64. The maximum Gasteiger partial charge on any atom is 0.259 e. The van der Waals surface area contributed by atoms with E-state index in [-0.39, 0.29) is 11.3 Å². The number of sulfonamides is 1. The topological polar surface area (TPSA) is 95.5 Å². The van der Waals surface area contributed by atoms with Gasteiger partial charge in [0, 0.05) is 15.8 Å². The normalized spacial score (nSPS) is 11.0. The van der Waals surface area contributed by atoms with Crippen molar-refractivity contribution in [1.82, 2.24) is 0 Å².